The molecular formula is C16H20N2O4S. The summed E-state index contributed by atoms with van der Waals surface area (Å²) in [5.74, 6) is -0.0896. The molecule has 4 rings (SSSR count). The number of morpholine rings is 1. The van der Waals surface area contributed by atoms with Crippen LogP contribution in [0.3, 0.4) is 0 Å². The first kappa shape index (κ1) is 15.1. The summed E-state index contributed by atoms with van der Waals surface area (Å²) in [6.07, 6.45) is 4.19. The highest BCUT2D eigenvalue weighted by atomic mass is 32.2. The molecular weight excluding hydrogens is 316 g/mol. The molecule has 124 valence electrons. The van der Waals surface area contributed by atoms with Crippen LogP contribution in [-0.4, -0.2) is 43.9 Å². The molecule has 2 aliphatic heterocycles. The maximum atomic E-state index is 13.1. The van der Waals surface area contributed by atoms with Gasteiger partial charge in [-0.05, 0) is 36.6 Å². The van der Waals surface area contributed by atoms with Crippen LogP contribution in [0.25, 0.3) is 0 Å². The van der Waals surface area contributed by atoms with Gasteiger partial charge in [-0.2, -0.15) is 4.31 Å². The summed E-state index contributed by atoms with van der Waals surface area (Å²) in [5, 5.41) is 2.73. The zero-order valence-corrected chi connectivity index (χ0v) is 13.6. The lowest BCUT2D eigenvalue weighted by molar-refractivity contribution is -0.115. The standard InChI is InChI=1S/C16H20N2O4S/c19-16-10-11-9-12(5-6-13(11)17-16)23(20,21)18-7-8-22-15-4-2-1-3-14(15)18/h5-6,9,14-15H,1-4,7-8,10H2,(H,17,19)/t14-,15+/m1/s1. The summed E-state index contributed by atoms with van der Waals surface area (Å²) < 4.78 is 33.6. The molecule has 2 heterocycles. The van der Waals surface area contributed by atoms with Crippen LogP contribution in [0.2, 0.25) is 0 Å². The Morgan fingerprint density at radius 3 is 2.91 bits per heavy atom. The number of hydrogen-bond donors (Lipinski definition) is 1. The summed E-state index contributed by atoms with van der Waals surface area (Å²) in [6, 6.07) is 4.85. The number of nitrogens with zero attached hydrogens (tertiary/aromatic N) is 1. The number of ether oxygens (including phenoxy) is 1. The smallest absolute Gasteiger partial charge is 0.243 e. The quantitative estimate of drug-likeness (QED) is 0.888. The Bertz CT molecular complexity index is 744. The molecule has 1 amide bonds. The summed E-state index contributed by atoms with van der Waals surface area (Å²) in [6.45, 7) is 0.850. The maximum absolute atomic E-state index is 13.1. The lowest BCUT2D eigenvalue weighted by Gasteiger charge is -2.42. The van der Waals surface area contributed by atoms with Gasteiger partial charge in [-0.3, -0.25) is 4.79 Å². The molecule has 7 heteroatoms. The van der Waals surface area contributed by atoms with Crippen LogP contribution in [0.4, 0.5) is 5.69 Å². The largest absolute Gasteiger partial charge is 0.375 e. The first-order chi connectivity index (χ1) is 11.1. The number of fused-ring (bicyclic) bond motifs is 2. The van der Waals surface area contributed by atoms with E-state index in [-0.39, 0.29) is 29.4 Å². The molecule has 3 aliphatic rings. The molecule has 1 saturated heterocycles. The van der Waals surface area contributed by atoms with Gasteiger partial charge in [0.2, 0.25) is 15.9 Å². The van der Waals surface area contributed by atoms with Gasteiger partial charge in [-0.1, -0.05) is 12.8 Å². The number of carbonyl (C=O) groups excluding carboxylic acids is 1. The molecule has 0 spiro atoms. The zero-order valence-electron chi connectivity index (χ0n) is 12.8. The highest BCUT2D eigenvalue weighted by Gasteiger charge is 2.41. The van der Waals surface area contributed by atoms with E-state index in [0.717, 1.165) is 31.2 Å². The normalized spacial score (nSPS) is 28.1. The predicted octanol–water partition coefficient (Wildman–Crippen LogP) is 1.51. The highest BCUT2D eigenvalue weighted by molar-refractivity contribution is 7.89. The molecule has 0 aromatic heterocycles. The minimum absolute atomic E-state index is 0.0185. The van der Waals surface area contributed by atoms with E-state index in [0.29, 0.717) is 18.8 Å². The van der Waals surface area contributed by atoms with Crippen LogP contribution in [0.15, 0.2) is 23.1 Å². The molecule has 6 nitrogen and oxygen atoms in total. The van der Waals surface area contributed by atoms with Gasteiger partial charge in [0, 0.05) is 12.2 Å². The molecule has 1 aromatic carbocycles. The average molecular weight is 336 g/mol. The van der Waals surface area contributed by atoms with Crippen molar-refractivity contribution in [3.63, 3.8) is 0 Å². The van der Waals surface area contributed by atoms with Crippen LogP contribution in [0.5, 0.6) is 0 Å². The Kier molecular flexibility index (Phi) is 3.66. The number of benzene rings is 1. The van der Waals surface area contributed by atoms with Crippen molar-refractivity contribution in [3.8, 4) is 0 Å². The van der Waals surface area contributed by atoms with Gasteiger partial charge < -0.3 is 10.1 Å². The van der Waals surface area contributed by atoms with Gasteiger partial charge in [-0.25, -0.2) is 8.42 Å². The number of amides is 1. The molecule has 1 aromatic rings. The van der Waals surface area contributed by atoms with Crippen molar-refractivity contribution in [2.75, 3.05) is 18.5 Å². The van der Waals surface area contributed by atoms with E-state index in [1.807, 2.05) is 0 Å². The molecule has 0 radical (unpaired) electrons. The molecule has 1 aliphatic carbocycles. The molecule has 23 heavy (non-hydrogen) atoms. The van der Waals surface area contributed by atoms with Crippen molar-refractivity contribution in [3.05, 3.63) is 23.8 Å². The molecule has 2 fully saturated rings. The third-order valence-corrected chi connectivity index (χ3v) is 6.91. The number of carbonyl (C=O) groups is 1. The highest BCUT2D eigenvalue weighted by Crippen LogP contribution is 2.34. The lowest BCUT2D eigenvalue weighted by atomic mass is 9.91. The first-order valence-electron chi connectivity index (χ1n) is 8.12. The first-order valence-corrected chi connectivity index (χ1v) is 9.56. The van der Waals surface area contributed by atoms with E-state index in [9.17, 15) is 13.2 Å². The monoisotopic (exact) mass is 336 g/mol. The lowest BCUT2D eigenvalue weighted by Crippen LogP contribution is -2.54. The van der Waals surface area contributed by atoms with Crippen molar-refractivity contribution in [2.24, 2.45) is 0 Å². The van der Waals surface area contributed by atoms with Crippen LogP contribution in [0, 0.1) is 0 Å². The number of rotatable bonds is 2. The molecule has 1 N–H and O–H groups in total. The van der Waals surface area contributed by atoms with E-state index in [4.69, 9.17) is 4.74 Å². The van der Waals surface area contributed by atoms with Crippen LogP contribution in [-0.2, 0) is 26.0 Å². The zero-order chi connectivity index (χ0) is 16.0. The second kappa shape index (κ2) is 5.58. The summed E-state index contributed by atoms with van der Waals surface area (Å²) in [4.78, 5) is 11.7. The predicted molar refractivity (Wildman–Crippen MR) is 84.7 cm³/mol. The Balaban J connectivity index is 1.67. The van der Waals surface area contributed by atoms with E-state index < -0.39 is 10.0 Å². The Morgan fingerprint density at radius 1 is 1.22 bits per heavy atom. The van der Waals surface area contributed by atoms with E-state index >= 15 is 0 Å². The molecule has 2 atom stereocenters. The van der Waals surface area contributed by atoms with Crippen molar-refractivity contribution >= 4 is 21.6 Å². The van der Waals surface area contributed by atoms with Crippen molar-refractivity contribution in [1.29, 1.82) is 0 Å². The Morgan fingerprint density at radius 2 is 2.04 bits per heavy atom. The second-order valence-electron chi connectivity index (χ2n) is 6.42. The summed E-state index contributed by atoms with van der Waals surface area (Å²) in [5.41, 5.74) is 1.47. The number of anilines is 1. The molecule has 1 saturated carbocycles. The van der Waals surface area contributed by atoms with Gasteiger partial charge in [0.1, 0.15) is 0 Å². The van der Waals surface area contributed by atoms with E-state index in [1.165, 1.54) is 0 Å². The third-order valence-electron chi connectivity index (χ3n) is 4.99. The Hall–Kier alpha value is -1.44. The molecule has 0 bridgehead atoms. The van der Waals surface area contributed by atoms with Gasteiger partial charge >= 0.3 is 0 Å². The summed E-state index contributed by atoms with van der Waals surface area (Å²) in [7, 11) is -3.56. The number of sulfonamides is 1. The summed E-state index contributed by atoms with van der Waals surface area (Å²) >= 11 is 0. The van der Waals surface area contributed by atoms with Crippen LogP contribution in [0.1, 0.15) is 31.2 Å². The van der Waals surface area contributed by atoms with Crippen LogP contribution >= 0.6 is 0 Å². The van der Waals surface area contributed by atoms with E-state index in [2.05, 4.69) is 5.32 Å². The topological polar surface area (TPSA) is 75.7 Å². The van der Waals surface area contributed by atoms with Crippen molar-refractivity contribution in [2.45, 2.75) is 49.1 Å². The third kappa shape index (κ3) is 2.56. The maximum Gasteiger partial charge on any atom is 0.243 e. The van der Waals surface area contributed by atoms with Crippen molar-refractivity contribution in [1.82, 2.24) is 4.31 Å². The second-order valence-corrected chi connectivity index (χ2v) is 8.31. The minimum atomic E-state index is -3.56. The van der Waals surface area contributed by atoms with Gasteiger partial charge in [0.05, 0.1) is 30.1 Å². The SMILES string of the molecule is O=C1Cc2cc(S(=O)(=O)N3CCO[C@H]4CCCC[C@H]43)ccc2N1. The average Bonchev–Trinajstić information content (AvgIpc) is 2.93. The fourth-order valence-electron chi connectivity index (χ4n) is 3.86. The van der Waals surface area contributed by atoms with Crippen molar-refractivity contribution < 1.29 is 17.9 Å². The number of nitrogens with one attached hydrogen (secondary N) is 1. The van der Waals surface area contributed by atoms with E-state index in [1.54, 1.807) is 22.5 Å². The van der Waals surface area contributed by atoms with Gasteiger partial charge in [0.25, 0.3) is 0 Å². The fourth-order valence-corrected chi connectivity index (χ4v) is 5.58. The van der Waals surface area contributed by atoms with Gasteiger partial charge in [0.15, 0.2) is 0 Å². The Labute approximate surface area is 135 Å². The van der Waals surface area contributed by atoms with Crippen LogP contribution < -0.4 is 5.32 Å². The van der Waals surface area contributed by atoms with Gasteiger partial charge in [-0.15, -0.1) is 0 Å². The fraction of sp³-hybridized carbons (Fsp3) is 0.562. The minimum Gasteiger partial charge on any atom is -0.375 e. The molecule has 0 unspecified atom stereocenters. The number of hydrogen-bond acceptors (Lipinski definition) is 4.